The van der Waals surface area contributed by atoms with Crippen molar-refractivity contribution in [3.63, 3.8) is 0 Å². The SMILES string of the molecule is CCC(C)OC(=O)OC1C(C)(C)c2ccccc2C12CC(C)(C)c1ccccc12. The fraction of sp³-hybridized carbons (Fsp3) is 0.500. The van der Waals surface area contributed by atoms with Crippen molar-refractivity contribution >= 4 is 6.16 Å². The molecule has 0 saturated carbocycles. The maximum atomic E-state index is 12.8. The van der Waals surface area contributed by atoms with Gasteiger partial charge in [0.15, 0.2) is 0 Å². The molecular weight excluding hydrogens is 360 g/mol. The van der Waals surface area contributed by atoms with E-state index in [2.05, 4.69) is 76.2 Å². The molecule has 0 aliphatic heterocycles. The van der Waals surface area contributed by atoms with Gasteiger partial charge in [-0.2, -0.15) is 0 Å². The molecule has 0 N–H and O–H groups in total. The Morgan fingerprint density at radius 1 is 0.966 bits per heavy atom. The van der Waals surface area contributed by atoms with E-state index in [4.69, 9.17) is 9.47 Å². The van der Waals surface area contributed by atoms with E-state index in [1.54, 1.807) is 0 Å². The topological polar surface area (TPSA) is 35.5 Å². The average molecular weight is 393 g/mol. The first-order valence-corrected chi connectivity index (χ1v) is 10.7. The van der Waals surface area contributed by atoms with Gasteiger partial charge in [-0.05, 0) is 47.4 Å². The zero-order chi connectivity index (χ0) is 21.0. The lowest BCUT2D eigenvalue weighted by atomic mass is 9.70. The van der Waals surface area contributed by atoms with Crippen LogP contribution in [0.25, 0.3) is 0 Å². The lowest BCUT2D eigenvalue weighted by Crippen LogP contribution is -2.47. The second kappa shape index (κ2) is 6.62. The third-order valence-corrected chi connectivity index (χ3v) is 7.15. The van der Waals surface area contributed by atoms with E-state index < -0.39 is 6.16 Å². The molecule has 1 spiro atoms. The molecule has 2 aromatic carbocycles. The highest BCUT2D eigenvalue weighted by Gasteiger charge is 2.64. The van der Waals surface area contributed by atoms with Crippen LogP contribution < -0.4 is 0 Å². The third kappa shape index (κ3) is 2.81. The molecule has 0 amide bonds. The van der Waals surface area contributed by atoms with Crippen molar-refractivity contribution < 1.29 is 14.3 Å². The van der Waals surface area contributed by atoms with E-state index in [0.29, 0.717) is 0 Å². The standard InChI is InChI=1S/C26H32O3/c1-7-17(2)28-23(27)29-22-25(5,6)19-13-9-11-15-21(19)26(22)16-24(3,4)18-12-8-10-14-20(18)26/h8-15,17,22H,7,16H2,1-6H3. The second-order valence-corrected chi connectivity index (χ2v) is 9.93. The molecule has 2 aliphatic rings. The van der Waals surface area contributed by atoms with Gasteiger partial charge in [0.25, 0.3) is 0 Å². The van der Waals surface area contributed by atoms with Crippen LogP contribution in [0.15, 0.2) is 48.5 Å². The fourth-order valence-corrected chi connectivity index (χ4v) is 5.78. The number of hydrogen-bond donors (Lipinski definition) is 0. The Morgan fingerprint density at radius 3 is 2.07 bits per heavy atom. The Kier molecular flexibility index (Phi) is 4.56. The average Bonchev–Trinajstić information content (AvgIpc) is 3.03. The van der Waals surface area contributed by atoms with Crippen molar-refractivity contribution in [2.75, 3.05) is 0 Å². The molecule has 2 aliphatic carbocycles. The third-order valence-electron chi connectivity index (χ3n) is 7.15. The van der Waals surface area contributed by atoms with E-state index in [0.717, 1.165) is 12.8 Å². The van der Waals surface area contributed by atoms with Gasteiger partial charge < -0.3 is 9.47 Å². The number of carbonyl (C=O) groups excluding carboxylic acids is 1. The molecular formula is C26H32O3. The summed E-state index contributed by atoms with van der Waals surface area (Å²) in [6, 6.07) is 17.3. The van der Waals surface area contributed by atoms with Crippen molar-refractivity contribution in [3.05, 3.63) is 70.8 Å². The highest BCUT2D eigenvalue weighted by molar-refractivity contribution is 5.66. The minimum absolute atomic E-state index is 0.00759. The Hall–Kier alpha value is -2.29. The van der Waals surface area contributed by atoms with Crippen LogP contribution in [-0.4, -0.2) is 18.4 Å². The summed E-state index contributed by atoms with van der Waals surface area (Å²) in [6.45, 7) is 12.9. The molecule has 3 heteroatoms. The van der Waals surface area contributed by atoms with Crippen LogP contribution in [0.1, 0.15) is 76.6 Å². The van der Waals surface area contributed by atoms with Crippen LogP contribution in [0.3, 0.4) is 0 Å². The van der Waals surface area contributed by atoms with E-state index in [1.807, 2.05) is 13.8 Å². The summed E-state index contributed by atoms with van der Waals surface area (Å²) >= 11 is 0. The molecule has 154 valence electrons. The predicted molar refractivity (Wildman–Crippen MR) is 115 cm³/mol. The maximum absolute atomic E-state index is 12.8. The molecule has 0 radical (unpaired) electrons. The number of hydrogen-bond acceptors (Lipinski definition) is 3. The van der Waals surface area contributed by atoms with E-state index in [-0.39, 0.29) is 28.5 Å². The molecule has 0 fully saturated rings. The number of rotatable bonds is 3. The van der Waals surface area contributed by atoms with E-state index in [1.165, 1.54) is 22.3 Å². The zero-order valence-electron chi connectivity index (χ0n) is 18.4. The lowest BCUT2D eigenvalue weighted by molar-refractivity contribution is -0.0355. The summed E-state index contributed by atoms with van der Waals surface area (Å²) in [7, 11) is 0. The van der Waals surface area contributed by atoms with Gasteiger partial charge in [0.2, 0.25) is 0 Å². The minimum Gasteiger partial charge on any atom is -0.431 e. The zero-order valence-corrected chi connectivity index (χ0v) is 18.4. The van der Waals surface area contributed by atoms with E-state index in [9.17, 15) is 4.79 Å². The van der Waals surface area contributed by atoms with Gasteiger partial charge in [-0.15, -0.1) is 0 Å². The summed E-state index contributed by atoms with van der Waals surface area (Å²) in [5.74, 6) is 0. The second-order valence-electron chi connectivity index (χ2n) is 9.93. The largest absolute Gasteiger partial charge is 0.508 e. The molecule has 3 unspecified atom stereocenters. The van der Waals surface area contributed by atoms with Crippen molar-refractivity contribution in [2.24, 2.45) is 0 Å². The number of carbonyl (C=O) groups is 1. The fourth-order valence-electron chi connectivity index (χ4n) is 5.78. The molecule has 2 aromatic rings. The lowest BCUT2D eigenvalue weighted by Gasteiger charge is -2.39. The highest BCUT2D eigenvalue weighted by Crippen LogP contribution is 2.63. The van der Waals surface area contributed by atoms with Crippen molar-refractivity contribution in [1.29, 1.82) is 0 Å². The molecule has 0 saturated heterocycles. The van der Waals surface area contributed by atoms with Gasteiger partial charge in [0.1, 0.15) is 12.2 Å². The Balaban J connectivity index is 1.90. The first kappa shape index (κ1) is 20.0. The van der Waals surface area contributed by atoms with Crippen LogP contribution in [-0.2, 0) is 25.7 Å². The van der Waals surface area contributed by atoms with Gasteiger partial charge in [-0.3, -0.25) is 0 Å². The number of benzene rings is 2. The van der Waals surface area contributed by atoms with Gasteiger partial charge in [0.05, 0.1) is 5.41 Å². The summed E-state index contributed by atoms with van der Waals surface area (Å²) in [6.07, 6.45) is 0.627. The van der Waals surface area contributed by atoms with Gasteiger partial charge >= 0.3 is 6.16 Å². The first-order valence-electron chi connectivity index (χ1n) is 10.7. The minimum atomic E-state index is -0.563. The molecule has 0 heterocycles. The van der Waals surface area contributed by atoms with Crippen molar-refractivity contribution in [3.8, 4) is 0 Å². The van der Waals surface area contributed by atoms with Crippen LogP contribution in [0.5, 0.6) is 0 Å². The maximum Gasteiger partial charge on any atom is 0.508 e. The number of fused-ring (bicyclic) bond motifs is 4. The molecule has 3 atom stereocenters. The normalized spacial score (nSPS) is 26.6. The van der Waals surface area contributed by atoms with Crippen molar-refractivity contribution in [2.45, 2.75) is 82.8 Å². The van der Waals surface area contributed by atoms with E-state index >= 15 is 0 Å². The van der Waals surface area contributed by atoms with Crippen LogP contribution >= 0.6 is 0 Å². The Bertz CT molecular complexity index is 929. The molecule has 29 heavy (non-hydrogen) atoms. The van der Waals surface area contributed by atoms with Crippen LogP contribution in [0, 0.1) is 0 Å². The van der Waals surface area contributed by atoms with Crippen LogP contribution in [0.4, 0.5) is 4.79 Å². The molecule has 0 aromatic heterocycles. The molecule has 4 rings (SSSR count). The summed E-state index contributed by atoms with van der Waals surface area (Å²) in [5, 5.41) is 0. The number of ether oxygens (including phenoxy) is 2. The monoisotopic (exact) mass is 392 g/mol. The van der Waals surface area contributed by atoms with Gasteiger partial charge in [-0.25, -0.2) is 4.79 Å². The summed E-state index contributed by atoms with van der Waals surface area (Å²) in [5.41, 5.74) is 4.47. The summed E-state index contributed by atoms with van der Waals surface area (Å²) in [4.78, 5) is 12.8. The van der Waals surface area contributed by atoms with Gasteiger partial charge in [-0.1, -0.05) is 83.1 Å². The van der Waals surface area contributed by atoms with Crippen molar-refractivity contribution in [1.82, 2.24) is 0 Å². The summed E-state index contributed by atoms with van der Waals surface area (Å²) < 4.78 is 11.7. The highest BCUT2D eigenvalue weighted by atomic mass is 16.7. The Labute approximate surface area is 174 Å². The first-order chi connectivity index (χ1) is 13.6. The smallest absolute Gasteiger partial charge is 0.431 e. The molecule has 0 bridgehead atoms. The van der Waals surface area contributed by atoms with Crippen LogP contribution in [0.2, 0.25) is 0 Å². The van der Waals surface area contributed by atoms with Gasteiger partial charge in [0, 0.05) is 5.41 Å². The predicted octanol–water partition coefficient (Wildman–Crippen LogP) is 6.27. The Morgan fingerprint density at radius 2 is 1.48 bits per heavy atom. The quantitative estimate of drug-likeness (QED) is 0.578. The molecule has 3 nitrogen and oxygen atoms in total.